The predicted molar refractivity (Wildman–Crippen MR) is 84.2 cm³/mol. The summed E-state index contributed by atoms with van der Waals surface area (Å²) >= 11 is 0. The Morgan fingerprint density at radius 1 is 1.20 bits per heavy atom. The summed E-state index contributed by atoms with van der Waals surface area (Å²) in [4.78, 5) is 13.9. The number of carbonyl (C=O) groups is 1. The molecule has 4 heteroatoms. The number of unbranched alkanes of at least 4 members (excludes halogenated alkanes) is 2. The molecule has 1 aromatic rings. The van der Waals surface area contributed by atoms with Gasteiger partial charge in [0.15, 0.2) is 0 Å². The fourth-order valence-electron chi connectivity index (χ4n) is 2.11. The number of rotatable bonds is 8. The molecule has 0 spiro atoms. The molecule has 20 heavy (non-hydrogen) atoms. The second kappa shape index (κ2) is 8.46. The van der Waals surface area contributed by atoms with E-state index >= 15 is 0 Å². The van der Waals surface area contributed by atoms with Crippen LogP contribution in [0.2, 0.25) is 0 Å². The van der Waals surface area contributed by atoms with E-state index in [0.29, 0.717) is 11.3 Å². The molecule has 0 amide bonds. The van der Waals surface area contributed by atoms with Crippen LogP contribution in [0.5, 0.6) is 0 Å². The van der Waals surface area contributed by atoms with Crippen LogP contribution in [-0.4, -0.2) is 26.2 Å². The predicted octanol–water partition coefficient (Wildman–Crippen LogP) is 3.46. The van der Waals surface area contributed by atoms with Crippen LogP contribution >= 0.6 is 0 Å². The van der Waals surface area contributed by atoms with E-state index in [-0.39, 0.29) is 5.97 Å². The molecule has 0 aromatic heterocycles. The van der Waals surface area contributed by atoms with Gasteiger partial charge in [-0.15, -0.1) is 0 Å². The molecule has 0 heterocycles. The third-order valence-electron chi connectivity index (χ3n) is 3.36. The molecule has 0 aliphatic rings. The lowest BCUT2D eigenvalue weighted by atomic mass is 10.1. The third-order valence-corrected chi connectivity index (χ3v) is 3.36. The number of hydrogen-bond donors (Lipinski definition) is 1. The van der Waals surface area contributed by atoms with Gasteiger partial charge < -0.3 is 15.4 Å². The van der Waals surface area contributed by atoms with Gasteiger partial charge in [-0.1, -0.05) is 26.7 Å². The molecule has 0 unspecified atom stereocenters. The van der Waals surface area contributed by atoms with Gasteiger partial charge in [0, 0.05) is 13.1 Å². The maximum Gasteiger partial charge on any atom is 0.337 e. The molecule has 0 saturated heterocycles. The highest BCUT2D eigenvalue weighted by atomic mass is 16.5. The Labute approximate surface area is 121 Å². The molecule has 1 rings (SSSR count). The Kier molecular flexibility index (Phi) is 6.91. The van der Waals surface area contributed by atoms with Crippen molar-refractivity contribution in [3.63, 3.8) is 0 Å². The summed E-state index contributed by atoms with van der Waals surface area (Å²) in [6.45, 7) is 6.27. The smallest absolute Gasteiger partial charge is 0.337 e. The van der Waals surface area contributed by atoms with Crippen molar-refractivity contribution in [3.8, 4) is 0 Å². The highest BCUT2D eigenvalue weighted by molar-refractivity contribution is 5.92. The van der Waals surface area contributed by atoms with E-state index in [0.717, 1.165) is 44.5 Å². The topological polar surface area (TPSA) is 55.6 Å². The van der Waals surface area contributed by atoms with Crippen LogP contribution in [0.1, 0.15) is 49.9 Å². The van der Waals surface area contributed by atoms with E-state index in [1.165, 1.54) is 7.11 Å². The van der Waals surface area contributed by atoms with Gasteiger partial charge in [0.05, 0.1) is 24.0 Å². The number of nitrogen functional groups attached to an aromatic ring is 1. The van der Waals surface area contributed by atoms with Crippen molar-refractivity contribution in [1.82, 2.24) is 0 Å². The molecule has 0 aliphatic carbocycles. The summed E-state index contributed by atoms with van der Waals surface area (Å²) < 4.78 is 4.77. The number of esters is 1. The zero-order valence-corrected chi connectivity index (χ0v) is 12.8. The lowest BCUT2D eigenvalue weighted by molar-refractivity contribution is 0.0601. The van der Waals surface area contributed by atoms with E-state index < -0.39 is 0 Å². The van der Waals surface area contributed by atoms with Gasteiger partial charge in [0.1, 0.15) is 0 Å². The molecule has 0 atom stereocenters. The van der Waals surface area contributed by atoms with Gasteiger partial charge in [0.25, 0.3) is 0 Å². The van der Waals surface area contributed by atoms with Crippen molar-refractivity contribution in [2.45, 2.75) is 39.5 Å². The monoisotopic (exact) mass is 278 g/mol. The van der Waals surface area contributed by atoms with E-state index in [1.807, 2.05) is 6.07 Å². The molecule has 0 radical (unpaired) electrons. The first kappa shape index (κ1) is 16.3. The maximum atomic E-state index is 11.6. The zero-order chi connectivity index (χ0) is 15.0. The Balaban J connectivity index is 3.00. The molecule has 0 saturated carbocycles. The minimum Gasteiger partial charge on any atom is -0.465 e. The molecule has 2 N–H and O–H groups in total. The number of nitrogens with two attached hydrogens (primary N) is 1. The number of methoxy groups -OCH3 is 1. The van der Waals surface area contributed by atoms with Crippen molar-refractivity contribution < 1.29 is 9.53 Å². The Bertz CT molecular complexity index is 424. The van der Waals surface area contributed by atoms with E-state index in [4.69, 9.17) is 10.5 Å². The van der Waals surface area contributed by atoms with Gasteiger partial charge in [-0.25, -0.2) is 4.79 Å². The fraction of sp³-hybridized carbons (Fsp3) is 0.562. The first-order chi connectivity index (χ1) is 9.63. The van der Waals surface area contributed by atoms with Crippen molar-refractivity contribution in [3.05, 3.63) is 23.8 Å². The van der Waals surface area contributed by atoms with Gasteiger partial charge in [0.2, 0.25) is 0 Å². The standard InChI is InChI=1S/C16H26N2O2/c1-4-6-10-18(11-7-5-2)15-12-13(16(19)20-3)8-9-14(15)17/h8-9,12H,4-7,10-11,17H2,1-3H3. The normalized spacial score (nSPS) is 10.3. The van der Waals surface area contributed by atoms with Crippen molar-refractivity contribution in [1.29, 1.82) is 0 Å². The first-order valence-corrected chi connectivity index (χ1v) is 7.36. The lowest BCUT2D eigenvalue weighted by Crippen LogP contribution is -2.26. The summed E-state index contributed by atoms with van der Waals surface area (Å²) in [6.07, 6.45) is 4.51. The molecule has 0 fully saturated rings. The average molecular weight is 278 g/mol. The summed E-state index contributed by atoms with van der Waals surface area (Å²) in [7, 11) is 1.39. The van der Waals surface area contributed by atoms with Gasteiger partial charge in [-0.2, -0.15) is 0 Å². The lowest BCUT2D eigenvalue weighted by Gasteiger charge is -2.26. The van der Waals surface area contributed by atoms with Crippen molar-refractivity contribution >= 4 is 17.3 Å². The number of carbonyl (C=O) groups excluding carboxylic acids is 1. The molecule has 112 valence electrons. The van der Waals surface area contributed by atoms with Crippen LogP contribution in [0.4, 0.5) is 11.4 Å². The Morgan fingerprint density at radius 3 is 2.30 bits per heavy atom. The molecular formula is C16H26N2O2. The molecule has 1 aromatic carbocycles. The maximum absolute atomic E-state index is 11.6. The number of ether oxygens (including phenoxy) is 1. The molecule has 4 nitrogen and oxygen atoms in total. The van der Waals surface area contributed by atoms with Crippen LogP contribution < -0.4 is 10.6 Å². The van der Waals surface area contributed by atoms with Crippen LogP contribution in [0.3, 0.4) is 0 Å². The zero-order valence-electron chi connectivity index (χ0n) is 12.8. The quantitative estimate of drug-likeness (QED) is 0.584. The second-order valence-corrected chi connectivity index (χ2v) is 4.96. The average Bonchev–Trinajstić information content (AvgIpc) is 2.47. The van der Waals surface area contributed by atoms with Crippen LogP contribution in [0, 0.1) is 0 Å². The summed E-state index contributed by atoms with van der Waals surface area (Å²) in [5, 5.41) is 0. The van der Waals surface area contributed by atoms with Gasteiger partial charge >= 0.3 is 5.97 Å². The Hall–Kier alpha value is -1.71. The van der Waals surface area contributed by atoms with Crippen LogP contribution in [-0.2, 0) is 4.74 Å². The highest BCUT2D eigenvalue weighted by Gasteiger charge is 2.13. The van der Waals surface area contributed by atoms with Gasteiger partial charge in [-0.3, -0.25) is 0 Å². The summed E-state index contributed by atoms with van der Waals surface area (Å²) in [5.41, 5.74) is 8.28. The molecule has 0 bridgehead atoms. The van der Waals surface area contributed by atoms with E-state index in [1.54, 1.807) is 12.1 Å². The minimum atomic E-state index is -0.322. The van der Waals surface area contributed by atoms with Gasteiger partial charge in [-0.05, 0) is 31.0 Å². The third kappa shape index (κ3) is 4.44. The number of anilines is 2. The van der Waals surface area contributed by atoms with Crippen LogP contribution in [0.25, 0.3) is 0 Å². The minimum absolute atomic E-state index is 0.322. The van der Waals surface area contributed by atoms with Crippen molar-refractivity contribution in [2.24, 2.45) is 0 Å². The highest BCUT2D eigenvalue weighted by Crippen LogP contribution is 2.26. The van der Waals surface area contributed by atoms with Crippen LogP contribution in [0.15, 0.2) is 18.2 Å². The van der Waals surface area contributed by atoms with E-state index in [2.05, 4.69) is 18.7 Å². The number of benzene rings is 1. The summed E-state index contributed by atoms with van der Waals surface area (Å²) in [6, 6.07) is 5.33. The summed E-state index contributed by atoms with van der Waals surface area (Å²) in [5.74, 6) is -0.322. The van der Waals surface area contributed by atoms with E-state index in [9.17, 15) is 4.79 Å². The SMILES string of the molecule is CCCCN(CCCC)c1cc(C(=O)OC)ccc1N. The largest absolute Gasteiger partial charge is 0.465 e. The Morgan fingerprint density at radius 2 is 1.80 bits per heavy atom. The van der Waals surface area contributed by atoms with Crippen molar-refractivity contribution in [2.75, 3.05) is 30.8 Å². The second-order valence-electron chi connectivity index (χ2n) is 4.96. The number of nitrogens with zero attached hydrogens (tertiary/aromatic N) is 1. The first-order valence-electron chi connectivity index (χ1n) is 7.36. The molecular weight excluding hydrogens is 252 g/mol. The molecule has 0 aliphatic heterocycles. The fourth-order valence-corrected chi connectivity index (χ4v) is 2.11. The number of hydrogen-bond acceptors (Lipinski definition) is 4.